The number of halogens is 1. The highest BCUT2D eigenvalue weighted by Gasteiger charge is 2.13. The summed E-state index contributed by atoms with van der Waals surface area (Å²) in [5, 5.41) is 4.52. The molecule has 0 aliphatic heterocycles. The smallest absolute Gasteiger partial charge is 0.125 e. The molecule has 102 valence electrons. The van der Waals surface area contributed by atoms with E-state index >= 15 is 0 Å². The van der Waals surface area contributed by atoms with E-state index in [9.17, 15) is 4.39 Å². The number of nitrogens with zero attached hydrogens (tertiary/aromatic N) is 1. The predicted octanol–water partition coefficient (Wildman–Crippen LogP) is 4.38. The van der Waals surface area contributed by atoms with Gasteiger partial charge in [-0.25, -0.2) is 4.39 Å². The van der Waals surface area contributed by atoms with Crippen LogP contribution in [-0.4, -0.2) is 11.5 Å². The Bertz CT molecular complexity index is 605. The molecule has 0 fully saturated rings. The fraction of sp³-hybridized carbons (Fsp3) is 0.438. The van der Waals surface area contributed by atoms with E-state index in [1.165, 1.54) is 11.6 Å². The maximum Gasteiger partial charge on any atom is 0.125 e. The van der Waals surface area contributed by atoms with Gasteiger partial charge >= 0.3 is 0 Å². The van der Waals surface area contributed by atoms with Crippen LogP contribution in [0.3, 0.4) is 0 Å². The van der Waals surface area contributed by atoms with Gasteiger partial charge in [0.15, 0.2) is 0 Å². The molecule has 0 saturated carbocycles. The molecule has 0 aliphatic carbocycles. The Kier molecular flexibility index (Phi) is 4.03. The van der Waals surface area contributed by atoms with Gasteiger partial charge in [-0.1, -0.05) is 13.8 Å². The van der Waals surface area contributed by atoms with Gasteiger partial charge < -0.3 is 5.32 Å². The fourth-order valence-corrected chi connectivity index (χ4v) is 2.52. The molecule has 2 nitrogen and oxygen atoms in total. The molecule has 1 heterocycles. The van der Waals surface area contributed by atoms with Crippen LogP contribution in [0.25, 0.3) is 10.9 Å². The van der Waals surface area contributed by atoms with E-state index in [2.05, 4.69) is 31.1 Å². The number of anilines is 1. The van der Waals surface area contributed by atoms with Crippen LogP contribution in [0, 0.1) is 19.7 Å². The van der Waals surface area contributed by atoms with Gasteiger partial charge in [0.25, 0.3) is 0 Å². The number of hydrogen-bond acceptors (Lipinski definition) is 2. The summed E-state index contributed by atoms with van der Waals surface area (Å²) in [6.07, 6.45) is 1.92. The van der Waals surface area contributed by atoms with E-state index in [4.69, 9.17) is 0 Å². The van der Waals surface area contributed by atoms with Crippen LogP contribution in [0.5, 0.6) is 0 Å². The number of fused-ring (bicyclic) bond motifs is 1. The second-order valence-electron chi connectivity index (χ2n) is 4.96. The lowest BCUT2D eigenvalue weighted by molar-refractivity contribution is 0.628. The molecule has 1 aromatic carbocycles. The van der Waals surface area contributed by atoms with Crippen LogP contribution >= 0.6 is 0 Å². The Hall–Kier alpha value is -1.64. The van der Waals surface area contributed by atoms with Crippen molar-refractivity contribution in [1.82, 2.24) is 4.98 Å². The zero-order chi connectivity index (χ0) is 14.0. The van der Waals surface area contributed by atoms with E-state index in [-0.39, 0.29) is 5.82 Å². The highest BCUT2D eigenvalue weighted by Crippen LogP contribution is 2.31. The molecule has 1 N–H and O–H groups in total. The van der Waals surface area contributed by atoms with Crippen molar-refractivity contribution in [2.75, 3.05) is 11.9 Å². The Morgan fingerprint density at radius 3 is 2.58 bits per heavy atom. The minimum atomic E-state index is -0.218. The third-order valence-electron chi connectivity index (χ3n) is 3.48. The second kappa shape index (κ2) is 5.55. The molecule has 3 heteroatoms. The Labute approximate surface area is 114 Å². The van der Waals surface area contributed by atoms with Gasteiger partial charge in [0, 0.05) is 29.4 Å². The van der Waals surface area contributed by atoms with Crippen molar-refractivity contribution in [3.05, 3.63) is 34.8 Å². The average Bonchev–Trinajstić information content (AvgIpc) is 2.37. The molecule has 0 amide bonds. The molecule has 0 spiro atoms. The number of aryl methyl sites for hydroxylation is 2. The number of hydrogen-bond donors (Lipinski definition) is 1. The summed E-state index contributed by atoms with van der Waals surface area (Å²) in [6.45, 7) is 9.16. The minimum Gasteiger partial charge on any atom is -0.384 e. The van der Waals surface area contributed by atoms with Crippen LogP contribution in [0.1, 0.15) is 37.1 Å². The van der Waals surface area contributed by atoms with E-state index in [0.717, 1.165) is 47.2 Å². The van der Waals surface area contributed by atoms with E-state index in [0.29, 0.717) is 0 Å². The zero-order valence-electron chi connectivity index (χ0n) is 12.1. The Morgan fingerprint density at radius 1 is 1.21 bits per heavy atom. The molecule has 19 heavy (non-hydrogen) atoms. The number of aromatic nitrogens is 1. The first-order chi connectivity index (χ1) is 9.08. The van der Waals surface area contributed by atoms with Gasteiger partial charge in [0.1, 0.15) is 5.82 Å². The van der Waals surface area contributed by atoms with Gasteiger partial charge in [0.05, 0.1) is 5.52 Å². The molecule has 2 aromatic rings. The summed E-state index contributed by atoms with van der Waals surface area (Å²) in [5.74, 6) is -0.218. The first-order valence-corrected chi connectivity index (χ1v) is 6.91. The number of nitrogens with one attached hydrogen (secondary N) is 1. The second-order valence-corrected chi connectivity index (χ2v) is 4.96. The van der Waals surface area contributed by atoms with Crippen LogP contribution in [0.4, 0.5) is 10.1 Å². The standard InChI is InChI=1S/C16H21FN2/c1-5-7-18-16-11(4)13(6-2)19-14-9-12(17)8-10(3)15(14)16/h8-9H,5-7H2,1-4H3,(H,18,19). The normalized spacial score (nSPS) is 11.0. The van der Waals surface area contributed by atoms with Crippen molar-refractivity contribution in [2.24, 2.45) is 0 Å². The molecule has 0 radical (unpaired) electrons. The van der Waals surface area contributed by atoms with Gasteiger partial charge in [-0.2, -0.15) is 0 Å². The summed E-state index contributed by atoms with van der Waals surface area (Å²) in [6, 6.07) is 3.10. The minimum absolute atomic E-state index is 0.218. The van der Waals surface area contributed by atoms with Gasteiger partial charge in [-0.05, 0) is 43.9 Å². The third-order valence-corrected chi connectivity index (χ3v) is 3.48. The molecule has 0 bridgehead atoms. The maximum atomic E-state index is 13.6. The summed E-state index contributed by atoms with van der Waals surface area (Å²) >= 11 is 0. The molecule has 0 aliphatic rings. The first-order valence-electron chi connectivity index (χ1n) is 6.91. The van der Waals surface area contributed by atoms with Crippen molar-refractivity contribution in [3.63, 3.8) is 0 Å². The monoisotopic (exact) mass is 260 g/mol. The zero-order valence-corrected chi connectivity index (χ0v) is 12.1. The lowest BCUT2D eigenvalue weighted by Gasteiger charge is -2.17. The lowest BCUT2D eigenvalue weighted by atomic mass is 10.0. The summed E-state index contributed by atoms with van der Waals surface area (Å²) in [7, 11) is 0. The molecule has 0 unspecified atom stereocenters. The van der Waals surface area contributed by atoms with Crippen molar-refractivity contribution >= 4 is 16.6 Å². The van der Waals surface area contributed by atoms with Crippen LogP contribution < -0.4 is 5.32 Å². The molecule has 1 aromatic heterocycles. The maximum absolute atomic E-state index is 13.6. The molecule has 2 rings (SSSR count). The third kappa shape index (κ3) is 2.55. The summed E-state index contributed by atoms with van der Waals surface area (Å²) in [5.41, 5.74) is 5.01. The van der Waals surface area contributed by atoms with Crippen molar-refractivity contribution in [3.8, 4) is 0 Å². The first kappa shape index (κ1) is 13.8. The Balaban J connectivity index is 2.75. The predicted molar refractivity (Wildman–Crippen MR) is 79.3 cm³/mol. The molecule has 0 atom stereocenters. The van der Waals surface area contributed by atoms with Gasteiger partial charge in [-0.15, -0.1) is 0 Å². The van der Waals surface area contributed by atoms with Crippen molar-refractivity contribution in [2.45, 2.75) is 40.5 Å². The summed E-state index contributed by atoms with van der Waals surface area (Å²) < 4.78 is 13.6. The fourth-order valence-electron chi connectivity index (χ4n) is 2.52. The lowest BCUT2D eigenvalue weighted by Crippen LogP contribution is -2.07. The van der Waals surface area contributed by atoms with E-state index in [1.54, 1.807) is 6.07 Å². The highest BCUT2D eigenvalue weighted by molar-refractivity contribution is 5.96. The van der Waals surface area contributed by atoms with Gasteiger partial charge in [0.2, 0.25) is 0 Å². The Morgan fingerprint density at radius 2 is 1.95 bits per heavy atom. The number of rotatable bonds is 4. The average molecular weight is 260 g/mol. The van der Waals surface area contributed by atoms with E-state index in [1.807, 2.05) is 6.92 Å². The number of pyridine rings is 1. The van der Waals surface area contributed by atoms with Crippen molar-refractivity contribution < 1.29 is 4.39 Å². The quantitative estimate of drug-likeness (QED) is 0.882. The van der Waals surface area contributed by atoms with Crippen LogP contribution in [-0.2, 0) is 6.42 Å². The summed E-state index contributed by atoms with van der Waals surface area (Å²) in [4.78, 5) is 4.60. The molecular weight excluding hydrogens is 239 g/mol. The SMILES string of the molecule is CCCNc1c(C)c(CC)nc2cc(F)cc(C)c12. The number of benzene rings is 1. The van der Waals surface area contributed by atoms with Crippen LogP contribution in [0.15, 0.2) is 12.1 Å². The largest absolute Gasteiger partial charge is 0.384 e. The molecular formula is C16H21FN2. The van der Waals surface area contributed by atoms with Crippen LogP contribution in [0.2, 0.25) is 0 Å². The topological polar surface area (TPSA) is 24.9 Å². The van der Waals surface area contributed by atoms with E-state index < -0.39 is 0 Å². The highest BCUT2D eigenvalue weighted by atomic mass is 19.1. The molecule has 0 saturated heterocycles. The van der Waals surface area contributed by atoms with Gasteiger partial charge in [-0.3, -0.25) is 4.98 Å². The van der Waals surface area contributed by atoms with Crippen molar-refractivity contribution in [1.29, 1.82) is 0 Å².